The van der Waals surface area contributed by atoms with E-state index < -0.39 is 9.84 Å². The van der Waals surface area contributed by atoms with Gasteiger partial charge in [-0.1, -0.05) is 6.92 Å². The fourth-order valence-electron chi connectivity index (χ4n) is 3.01. The van der Waals surface area contributed by atoms with Gasteiger partial charge in [0.15, 0.2) is 9.84 Å². The molecule has 2 fully saturated rings. The van der Waals surface area contributed by atoms with Crippen molar-refractivity contribution in [2.75, 3.05) is 31.1 Å². The maximum absolute atomic E-state index is 11.6. The summed E-state index contributed by atoms with van der Waals surface area (Å²) in [6.45, 7) is 7.39. The topological polar surface area (TPSA) is 49.4 Å². The van der Waals surface area contributed by atoms with Crippen LogP contribution < -0.4 is 5.32 Å². The molecule has 5 heteroatoms. The Morgan fingerprint density at radius 1 is 1.47 bits per heavy atom. The average Bonchev–Trinajstić information content (AvgIpc) is 2.81. The molecule has 2 aliphatic rings. The SMILES string of the molecule is CCCNC1CCN(C2(C)CCS(=O)(=O)C2)C1. The fraction of sp³-hybridized carbons (Fsp3) is 1.00. The molecule has 0 aromatic rings. The highest BCUT2D eigenvalue weighted by Gasteiger charge is 2.44. The standard InChI is InChI=1S/C12H24N2O2S/c1-3-6-13-11-4-7-14(9-11)12(2)5-8-17(15,16)10-12/h11,13H,3-10H2,1-2H3. The van der Waals surface area contributed by atoms with Crippen LogP contribution in [0.5, 0.6) is 0 Å². The molecule has 17 heavy (non-hydrogen) atoms. The molecule has 0 bridgehead atoms. The third-order valence-electron chi connectivity index (χ3n) is 4.12. The zero-order valence-electron chi connectivity index (χ0n) is 10.9. The second-order valence-electron chi connectivity index (χ2n) is 5.72. The summed E-state index contributed by atoms with van der Waals surface area (Å²) in [5.74, 6) is 0.716. The van der Waals surface area contributed by atoms with Gasteiger partial charge in [-0.2, -0.15) is 0 Å². The van der Waals surface area contributed by atoms with Crippen LogP contribution in [0.2, 0.25) is 0 Å². The zero-order valence-corrected chi connectivity index (χ0v) is 11.7. The zero-order chi connectivity index (χ0) is 12.5. The number of sulfone groups is 1. The van der Waals surface area contributed by atoms with Gasteiger partial charge in [-0.15, -0.1) is 0 Å². The lowest BCUT2D eigenvalue weighted by molar-refractivity contribution is 0.157. The third-order valence-corrected chi connectivity index (χ3v) is 6.01. The highest BCUT2D eigenvalue weighted by molar-refractivity contribution is 7.91. The molecule has 0 spiro atoms. The molecular weight excluding hydrogens is 236 g/mol. The first-order valence-electron chi connectivity index (χ1n) is 6.64. The molecule has 0 radical (unpaired) electrons. The first-order valence-corrected chi connectivity index (χ1v) is 8.46. The molecule has 2 rings (SSSR count). The highest BCUT2D eigenvalue weighted by Crippen LogP contribution is 2.32. The maximum atomic E-state index is 11.6. The number of nitrogens with zero attached hydrogens (tertiary/aromatic N) is 1. The number of hydrogen-bond donors (Lipinski definition) is 1. The van der Waals surface area contributed by atoms with Gasteiger partial charge in [0.25, 0.3) is 0 Å². The van der Waals surface area contributed by atoms with Crippen LogP contribution in [-0.2, 0) is 9.84 Å². The lowest BCUT2D eigenvalue weighted by atomic mass is 10.00. The van der Waals surface area contributed by atoms with Gasteiger partial charge >= 0.3 is 0 Å². The lowest BCUT2D eigenvalue weighted by Gasteiger charge is -2.34. The summed E-state index contributed by atoms with van der Waals surface area (Å²) < 4.78 is 23.2. The van der Waals surface area contributed by atoms with Crippen molar-refractivity contribution >= 4 is 9.84 Å². The van der Waals surface area contributed by atoms with Crippen LogP contribution >= 0.6 is 0 Å². The summed E-state index contributed by atoms with van der Waals surface area (Å²) in [5, 5.41) is 3.53. The van der Waals surface area contributed by atoms with Crippen LogP contribution in [0.1, 0.15) is 33.1 Å². The minimum absolute atomic E-state index is 0.110. The van der Waals surface area contributed by atoms with E-state index in [-0.39, 0.29) is 5.54 Å². The molecule has 100 valence electrons. The van der Waals surface area contributed by atoms with E-state index in [1.54, 1.807) is 0 Å². The van der Waals surface area contributed by atoms with E-state index in [0.29, 0.717) is 17.5 Å². The molecule has 2 saturated heterocycles. The van der Waals surface area contributed by atoms with E-state index in [9.17, 15) is 8.42 Å². The Labute approximate surface area is 105 Å². The monoisotopic (exact) mass is 260 g/mol. The first kappa shape index (κ1) is 13.3. The fourth-order valence-corrected chi connectivity index (χ4v) is 5.18. The van der Waals surface area contributed by atoms with Crippen LogP contribution in [0.15, 0.2) is 0 Å². The minimum Gasteiger partial charge on any atom is -0.313 e. The molecule has 4 nitrogen and oxygen atoms in total. The number of nitrogens with one attached hydrogen (secondary N) is 1. The number of likely N-dealkylation sites (tertiary alicyclic amines) is 1. The molecule has 2 unspecified atom stereocenters. The Morgan fingerprint density at radius 2 is 2.24 bits per heavy atom. The van der Waals surface area contributed by atoms with Crippen molar-refractivity contribution in [1.29, 1.82) is 0 Å². The molecule has 0 amide bonds. The summed E-state index contributed by atoms with van der Waals surface area (Å²) in [6, 6.07) is 0.551. The van der Waals surface area contributed by atoms with Crippen LogP contribution in [-0.4, -0.2) is 56.0 Å². The summed E-state index contributed by atoms with van der Waals surface area (Å²) in [4.78, 5) is 2.38. The maximum Gasteiger partial charge on any atom is 0.152 e. The summed E-state index contributed by atoms with van der Waals surface area (Å²) in [6.07, 6.45) is 3.10. The summed E-state index contributed by atoms with van der Waals surface area (Å²) in [5.41, 5.74) is -0.110. The minimum atomic E-state index is -2.79. The van der Waals surface area contributed by atoms with Gasteiger partial charge < -0.3 is 5.32 Å². The van der Waals surface area contributed by atoms with E-state index in [1.165, 1.54) is 0 Å². The molecule has 2 atom stereocenters. The summed E-state index contributed by atoms with van der Waals surface area (Å²) >= 11 is 0. The van der Waals surface area contributed by atoms with Crippen molar-refractivity contribution in [3.05, 3.63) is 0 Å². The first-order chi connectivity index (χ1) is 7.95. The van der Waals surface area contributed by atoms with Gasteiger partial charge in [0, 0.05) is 24.7 Å². The van der Waals surface area contributed by atoms with Crippen molar-refractivity contribution in [1.82, 2.24) is 10.2 Å². The third kappa shape index (κ3) is 3.01. The Balaban J connectivity index is 1.92. The molecule has 0 aromatic carbocycles. The van der Waals surface area contributed by atoms with E-state index in [1.807, 2.05) is 0 Å². The van der Waals surface area contributed by atoms with Crippen molar-refractivity contribution in [3.63, 3.8) is 0 Å². The van der Waals surface area contributed by atoms with Gasteiger partial charge in [-0.25, -0.2) is 8.42 Å². The van der Waals surface area contributed by atoms with Gasteiger partial charge in [-0.05, 0) is 32.7 Å². The van der Waals surface area contributed by atoms with Crippen LogP contribution in [0.4, 0.5) is 0 Å². The van der Waals surface area contributed by atoms with E-state index >= 15 is 0 Å². The molecule has 1 N–H and O–H groups in total. The molecule has 0 aliphatic carbocycles. The smallest absolute Gasteiger partial charge is 0.152 e. The largest absolute Gasteiger partial charge is 0.313 e. The Hall–Kier alpha value is -0.130. The van der Waals surface area contributed by atoms with E-state index in [2.05, 4.69) is 24.1 Å². The second-order valence-corrected chi connectivity index (χ2v) is 7.91. The van der Waals surface area contributed by atoms with Crippen LogP contribution in [0.25, 0.3) is 0 Å². The van der Waals surface area contributed by atoms with Gasteiger partial charge in [-0.3, -0.25) is 4.90 Å². The van der Waals surface area contributed by atoms with Gasteiger partial charge in [0.05, 0.1) is 11.5 Å². The Morgan fingerprint density at radius 3 is 2.82 bits per heavy atom. The van der Waals surface area contributed by atoms with Crippen molar-refractivity contribution < 1.29 is 8.42 Å². The van der Waals surface area contributed by atoms with Crippen LogP contribution in [0.3, 0.4) is 0 Å². The van der Waals surface area contributed by atoms with Crippen LogP contribution in [0, 0.1) is 0 Å². The van der Waals surface area contributed by atoms with E-state index in [0.717, 1.165) is 38.9 Å². The Bertz CT molecular complexity index is 369. The quantitative estimate of drug-likeness (QED) is 0.806. The number of hydrogen-bond acceptors (Lipinski definition) is 4. The van der Waals surface area contributed by atoms with Crippen molar-refractivity contribution in [2.24, 2.45) is 0 Å². The summed E-state index contributed by atoms with van der Waals surface area (Å²) in [7, 11) is -2.79. The highest BCUT2D eigenvalue weighted by atomic mass is 32.2. The predicted octanol–water partition coefficient (Wildman–Crippen LogP) is 0.638. The van der Waals surface area contributed by atoms with E-state index in [4.69, 9.17) is 0 Å². The molecular formula is C12H24N2O2S. The molecule has 2 heterocycles. The molecule has 0 aromatic heterocycles. The normalized spacial score (nSPS) is 37.6. The van der Waals surface area contributed by atoms with Crippen molar-refractivity contribution in [2.45, 2.75) is 44.7 Å². The lowest BCUT2D eigenvalue weighted by Crippen LogP contribution is -2.47. The van der Waals surface area contributed by atoms with Crippen molar-refractivity contribution in [3.8, 4) is 0 Å². The average molecular weight is 260 g/mol. The molecule has 0 saturated carbocycles. The van der Waals surface area contributed by atoms with Gasteiger partial charge in [0.2, 0.25) is 0 Å². The second kappa shape index (κ2) is 4.86. The predicted molar refractivity (Wildman–Crippen MR) is 69.9 cm³/mol. The van der Waals surface area contributed by atoms with Gasteiger partial charge in [0.1, 0.15) is 0 Å². The number of rotatable bonds is 4. The molecule has 2 aliphatic heterocycles. The Kier molecular flexibility index (Phi) is 3.80.